The summed E-state index contributed by atoms with van der Waals surface area (Å²) in [6.07, 6.45) is 0.936. The summed E-state index contributed by atoms with van der Waals surface area (Å²) >= 11 is 1.73. The molecule has 1 aromatic heterocycles. The Morgan fingerprint density at radius 1 is 1.43 bits per heavy atom. The van der Waals surface area contributed by atoms with E-state index in [-0.39, 0.29) is 36.0 Å². The van der Waals surface area contributed by atoms with E-state index in [1.54, 1.807) is 16.2 Å². The Morgan fingerprint density at radius 2 is 2.19 bits per heavy atom. The number of hydrogen-bond acceptors (Lipinski definition) is 4. The average Bonchev–Trinajstić information content (AvgIpc) is 3.02. The zero-order valence-electron chi connectivity index (χ0n) is 12.1. The zero-order valence-corrected chi connectivity index (χ0v) is 12.9. The van der Waals surface area contributed by atoms with Crippen molar-refractivity contribution in [3.63, 3.8) is 0 Å². The third-order valence-corrected chi connectivity index (χ3v) is 5.31. The van der Waals surface area contributed by atoms with Gasteiger partial charge in [-0.15, -0.1) is 11.3 Å². The normalized spacial score (nSPS) is 27.6. The van der Waals surface area contributed by atoms with Gasteiger partial charge in [-0.05, 0) is 32.4 Å². The highest BCUT2D eigenvalue weighted by molar-refractivity contribution is 7.12. The van der Waals surface area contributed by atoms with Crippen LogP contribution in [0.25, 0.3) is 0 Å². The van der Waals surface area contributed by atoms with Crippen molar-refractivity contribution in [2.24, 2.45) is 5.92 Å². The average molecular weight is 306 g/mol. The number of likely N-dealkylation sites (N-methyl/N-ethyl adjacent to an activating group) is 1. The molecule has 3 rings (SSSR count). The maximum absolute atomic E-state index is 12.6. The highest BCUT2D eigenvalue weighted by Gasteiger charge is 2.49. The van der Waals surface area contributed by atoms with Crippen LogP contribution in [0, 0.1) is 12.8 Å². The Kier molecular flexibility index (Phi) is 3.57. The first-order valence-corrected chi connectivity index (χ1v) is 8.03. The number of nitrogens with zero attached hydrogens (tertiary/aromatic N) is 1. The van der Waals surface area contributed by atoms with Gasteiger partial charge in [0.15, 0.2) is 0 Å². The summed E-state index contributed by atoms with van der Waals surface area (Å²) in [7, 11) is 0. The lowest BCUT2D eigenvalue weighted by Crippen LogP contribution is -2.45. The molecule has 1 saturated carbocycles. The molecule has 5 nitrogen and oxygen atoms in total. The van der Waals surface area contributed by atoms with E-state index in [1.807, 2.05) is 6.92 Å². The predicted molar refractivity (Wildman–Crippen MR) is 78.8 cm³/mol. The largest absolute Gasteiger partial charge is 0.330 e. The van der Waals surface area contributed by atoms with Gasteiger partial charge in [0.2, 0.25) is 17.7 Å². The molecule has 2 fully saturated rings. The molecule has 0 bridgehead atoms. The van der Waals surface area contributed by atoms with Gasteiger partial charge < -0.3 is 4.90 Å². The number of aryl methyl sites for hydroxylation is 1. The smallest absolute Gasteiger partial charge is 0.249 e. The van der Waals surface area contributed by atoms with Crippen molar-refractivity contribution in [3.8, 4) is 0 Å². The van der Waals surface area contributed by atoms with Crippen molar-refractivity contribution in [2.45, 2.75) is 38.6 Å². The molecule has 1 aliphatic heterocycles. The van der Waals surface area contributed by atoms with Crippen molar-refractivity contribution in [1.82, 2.24) is 10.2 Å². The summed E-state index contributed by atoms with van der Waals surface area (Å²) in [4.78, 5) is 39.7. The lowest BCUT2D eigenvalue weighted by Gasteiger charge is -2.25. The number of hydrogen-bond donors (Lipinski definition) is 1. The number of carbonyl (C=O) groups is 3. The fourth-order valence-corrected chi connectivity index (χ4v) is 4.03. The molecule has 1 aromatic rings. The Balaban J connectivity index is 1.70. The van der Waals surface area contributed by atoms with Crippen LogP contribution in [0.1, 0.15) is 35.4 Å². The summed E-state index contributed by atoms with van der Waals surface area (Å²) in [5.41, 5.74) is 0. The quantitative estimate of drug-likeness (QED) is 0.856. The molecule has 0 spiro atoms. The van der Waals surface area contributed by atoms with E-state index < -0.39 is 6.04 Å². The van der Waals surface area contributed by atoms with E-state index in [9.17, 15) is 14.4 Å². The fourth-order valence-electron chi connectivity index (χ4n) is 2.97. The van der Waals surface area contributed by atoms with Crippen LogP contribution in [0.3, 0.4) is 0 Å². The molecule has 3 atom stereocenters. The van der Waals surface area contributed by atoms with Crippen molar-refractivity contribution in [2.75, 3.05) is 6.54 Å². The van der Waals surface area contributed by atoms with Crippen LogP contribution in [-0.4, -0.2) is 35.2 Å². The van der Waals surface area contributed by atoms with Gasteiger partial charge in [-0.3, -0.25) is 19.7 Å². The molecule has 2 aliphatic rings. The van der Waals surface area contributed by atoms with Gasteiger partial charge in [0.05, 0.1) is 6.42 Å². The number of nitrogens with one attached hydrogen (secondary N) is 1. The van der Waals surface area contributed by atoms with E-state index in [0.29, 0.717) is 6.54 Å². The Morgan fingerprint density at radius 3 is 2.71 bits per heavy atom. The fraction of sp³-hybridized carbons (Fsp3) is 0.533. The Hall–Kier alpha value is -1.69. The topological polar surface area (TPSA) is 66.5 Å². The van der Waals surface area contributed by atoms with Crippen LogP contribution in [-0.2, 0) is 14.4 Å². The van der Waals surface area contributed by atoms with E-state index in [0.717, 1.165) is 6.42 Å². The number of carbonyl (C=O) groups excluding carboxylic acids is 3. The predicted octanol–water partition coefficient (Wildman–Crippen LogP) is 1.42. The molecule has 0 aromatic carbocycles. The summed E-state index contributed by atoms with van der Waals surface area (Å²) < 4.78 is 0. The highest BCUT2D eigenvalue weighted by Crippen LogP contribution is 2.50. The van der Waals surface area contributed by atoms with Crippen LogP contribution in [0.4, 0.5) is 0 Å². The van der Waals surface area contributed by atoms with E-state index in [1.165, 1.54) is 9.75 Å². The molecule has 112 valence electrons. The van der Waals surface area contributed by atoms with Gasteiger partial charge in [-0.2, -0.15) is 0 Å². The number of imide groups is 1. The van der Waals surface area contributed by atoms with E-state index >= 15 is 0 Å². The van der Waals surface area contributed by atoms with Gasteiger partial charge in [0.25, 0.3) is 0 Å². The first kappa shape index (κ1) is 14.3. The second-order valence-corrected chi connectivity index (χ2v) is 6.97. The summed E-state index contributed by atoms with van der Waals surface area (Å²) in [6, 6.07) is 3.53. The Labute approximate surface area is 127 Å². The van der Waals surface area contributed by atoms with Crippen molar-refractivity contribution in [3.05, 3.63) is 21.9 Å². The number of amides is 3. The van der Waals surface area contributed by atoms with E-state index in [2.05, 4.69) is 24.4 Å². The van der Waals surface area contributed by atoms with Gasteiger partial charge in [0, 0.05) is 28.1 Å². The molecular weight excluding hydrogens is 288 g/mol. The standard InChI is InChI=1S/C15H18N2O3S/c1-3-17(11-7-13(18)16-14(11)19)15(20)10-6-9(10)12-5-4-8(2)21-12/h4-5,9-11H,3,6-7H2,1-2H3,(H,16,18,19)/t9-,10-,11+/m1/s1. The van der Waals surface area contributed by atoms with Gasteiger partial charge in [0.1, 0.15) is 6.04 Å². The van der Waals surface area contributed by atoms with Gasteiger partial charge in [-0.25, -0.2) is 0 Å². The third kappa shape index (κ3) is 2.60. The van der Waals surface area contributed by atoms with Crippen molar-refractivity contribution < 1.29 is 14.4 Å². The molecular formula is C15H18N2O3S. The minimum atomic E-state index is -0.624. The molecule has 1 aliphatic carbocycles. The second-order valence-electron chi connectivity index (χ2n) is 5.65. The molecule has 21 heavy (non-hydrogen) atoms. The minimum absolute atomic E-state index is 0.00315. The van der Waals surface area contributed by atoms with Crippen LogP contribution < -0.4 is 5.32 Å². The molecule has 2 heterocycles. The summed E-state index contributed by atoms with van der Waals surface area (Å²) in [5, 5.41) is 2.27. The second kappa shape index (κ2) is 5.26. The van der Waals surface area contributed by atoms with Crippen LogP contribution in [0.5, 0.6) is 0 Å². The van der Waals surface area contributed by atoms with Crippen molar-refractivity contribution in [1.29, 1.82) is 0 Å². The molecule has 0 unspecified atom stereocenters. The molecule has 3 amide bonds. The number of thiophene rings is 1. The van der Waals surface area contributed by atoms with Crippen LogP contribution in [0.2, 0.25) is 0 Å². The van der Waals surface area contributed by atoms with Crippen LogP contribution in [0.15, 0.2) is 12.1 Å². The highest BCUT2D eigenvalue weighted by atomic mass is 32.1. The minimum Gasteiger partial charge on any atom is -0.330 e. The van der Waals surface area contributed by atoms with Crippen molar-refractivity contribution >= 4 is 29.1 Å². The zero-order chi connectivity index (χ0) is 15.1. The molecule has 6 heteroatoms. The maximum atomic E-state index is 12.6. The summed E-state index contributed by atoms with van der Waals surface area (Å²) in [5.74, 6) is -0.392. The lowest BCUT2D eigenvalue weighted by molar-refractivity contribution is -0.139. The first-order valence-electron chi connectivity index (χ1n) is 7.21. The molecule has 0 radical (unpaired) electrons. The third-order valence-electron chi connectivity index (χ3n) is 4.18. The molecule has 1 N–H and O–H groups in total. The van der Waals surface area contributed by atoms with Gasteiger partial charge in [-0.1, -0.05) is 0 Å². The van der Waals surface area contributed by atoms with Gasteiger partial charge >= 0.3 is 0 Å². The lowest BCUT2D eigenvalue weighted by atomic mass is 10.1. The first-order chi connectivity index (χ1) is 10.0. The summed E-state index contributed by atoms with van der Waals surface area (Å²) in [6.45, 7) is 4.36. The maximum Gasteiger partial charge on any atom is 0.249 e. The van der Waals surface area contributed by atoms with E-state index in [4.69, 9.17) is 0 Å². The SMILES string of the molecule is CCN(C(=O)[C@@H]1C[C@H]1c1ccc(C)s1)[C@H]1CC(=O)NC1=O. The Bertz CT molecular complexity index is 610. The number of rotatable bonds is 4. The molecule has 1 saturated heterocycles. The monoisotopic (exact) mass is 306 g/mol. The van der Waals surface area contributed by atoms with Crippen LogP contribution >= 0.6 is 11.3 Å².